The van der Waals surface area contributed by atoms with Gasteiger partial charge in [-0.2, -0.15) is 0 Å². The maximum atomic E-state index is 12.5. The third-order valence-corrected chi connectivity index (χ3v) is 6.43. The van der Waals surface area contributed by atoms with Crippen LogP contribution in [0.5, 0.6) is 0 Å². The smallest absolute Gasteiger partial charge is 0.225 e. The van der Waals surface area contributed by atoms with Crippen LogP contribution in [-0.4, -0.2) is 29.9 Å². The van der Waals surface area contributed by atoms with Gasteiger partial charge in [0.2, 0.25) is 5.91 Å². The van der Waals surface area contributed by atoms with E-state index in [0.29, 0.717) is 12.0 Å². The van der Waals surface area contributed by atoms with Gasteiger partial charge in [-0.15, -0.1) is 0 Å². The monoisotopic (exact) mass is 292 g/mol. The van der Waals surface area contributed by atoms with E-state index in [-0.39, 0.29) is 11.3 Å². The van der Waals surface area contributed by atoms with E-state index in [9.17, 15) is 4.79 Å². The van der Waals surface area contributed by atoms with E-state index < -0.39 is 0 Å². The number of hydrogen-bond acceptors (Lipinski definition) is 2. The molecule has 0 bridgehead atoms. The molecule has 120 valence electrons. The molecule has 1 unspecified atom stereocenters. The Bertz CT molecular complexity index is 350. The van der Waals surface area contributed by atoms with Crippen molar-refractivity contribution in [2.24, 2.45) is 17.1 Å². The fraction of sp³-hybridized carbons (Fsp3) is 0.944. The minimum atomic E-state index is -0.218. The molecule has 0 aromatic rings. The number of carbonyl (C=O) groups is 1. The summed E-state index contributed by atoms with van der Waals surface area (Å²) < 4.78 is 0. The van der Waals surface area contributed by atoms with E-state index in [1.807, 2.05) is 0 Å². The second kappa shape index (κ2) is 6.68. The second-order valence-electron chi connectivity index (χ2n) is 7.67. The maximum Gasteiger partial charge on any atom is 0.225 e. The van der Waals surface area contributed by atoms with E-state index in [2.05, 4.69) is 4.90 Å². The SMILES string of the molecule is NC(=O)C1(C(C2CCCC2)N2CCCCC2)CCCCC1. The van der Waals surface area contributed by atoms with Gasteiger partial charge in [0.05, 0.1) is 5.41 Å². The highest BCUT2D eigenvalue weighted by atomic mass is 16.1. The van der Waals surface area contributed by atoms with Crippen molar-refractivity contribution in [2.45, 2.75) is 83.1 Å². The number of amides is 1. The van der Waals surface area contributed by atoms with Crippen LogP contribution in [0.1, 0.15) is 77.0 Å². The zero-order chi connectivity index (χ0) is 14.7. The summed E-state index contributed by atoms with van der Waals surface area (Å²) in [5.74, 6) is 0.721. The topological polar surface area (TPSA) is 46.3 Å². The number of primary amides is 1. The highest BCUT2D eigenvalue weighted by Gasteiger charge is 2.50. The molecule has 2 N–H and O–H groups in total. The van der Waals surface area contributed by atoms with Crippen molar-refractivity contribution >= 4 is 5.91 Å². The fourth-order valence-corrected chi connectivity index (χ4v) is 5.44. The Morgan fingerprint density at radius 1 is 0.905 bits per heavy atom. The van der Waals surface area contributed by atoms with E-state index >= 15 is 0 Å². The van der Waals surface area contributed by atoms with Crippen LogP contribution in [0.15, 0.2) is 0 Å². The quantitative estimate of drug-likeness (QED) is 0.862. The molecule has 1 aliphatic heterocycles. The maximum absolute atomic E-state index is 12.5. The van der Waals surface area contributed by atoms with Gasteiger partial charge in [-0.25, -0.2) is 0 Å². The lowest BCUT2D eigenvalue weighted by atomic mass is 9.64. The third-order valence-electron chi connectivity index (χ3n) is 6.43. The molecule has 0 spiro atoms. The summed E-state index contributed by atoms with van der Waals surface area (Å²) in [7, 11) is 0. The largest absolute Gasteiger partial charge is 0.369 e. The molecule has 2 saturated carbocycles. The zero-order valence-electron chi connectivity index (χ0n) is 13.5. The zero-order valence-corrected chi connectivity index (χ0v) is 13.5. The van der Waals surface area contributed by atoms with Crippen LogP contribution in [-0.2, 0) is 4.79 Å². The van der Waals surface area contributed by atoms with E-state index in [1.54, 1.807) is 0 Å². The van der Waals surface area contributed by atoms with Gasteiger partial charge in [0.1, 0.15) is 0 Å². The Labute approximate surface area is 129 Å². The summed E-state index contributed by atoms with van der Waals surface area (Å²) in [5.41, 5.74) is 5.79. The van der Waals surface area contributed by atoms with Crippen molar-refractivity contribution < 1.29 is 4.79 Å². The van der Waals surface area contributed by atoms with Crippen molar-refractivity contribution in [3.8, 4) is 0 Å². The molecule has 0 radical (unpaired) electrons. The molecule has 2 aliphatic carbocycles. The Balaban J connectivity index is 1.89. The first-order valence-electron chi connectivity index (χ1n) is 9.28. The van der Waals surface area contributed by atoms with Gasteiger partial charge >= 0.3 is 0 Å². The number of nitrogens with zero attached hydrogens (tertiary/aromatic N) is 1. The van der Waals surface area contributed by atoms with Crippen LogP contribution in [0.25, 0.3) is 0 Å². The van der Waals surface area contributed by atoms with Gasteiger partial charge in [0, 0.05) is 6.04 Å². The highest BCUT2D eigenvalue weighted by Crippen LogP contribution is 2.48. The van der Waals surface area contributed by atoms with Crippen LogP contribution in [0.2, 0.25) is 0 Å². The predicted octanol–water partition coefficient (Wildman–Crippen LogP) is 3.47. The molecule has 1 amide bonds. The van der Waals surface area contributed by atoms with Crippen molar-refractivity contribution in [2.75, 3.05) is 13.1 Å². The lowest BCUT2D eigenvalue weighted by Gasteiger charge is -2.50. The van der Waals surface area contributed by atoms with E-state index in [0.717, 1.165) is 12.8 Å². The van der Waals surface area contributed by atoms with Crippen LogP contribution in [0.4, 0.5) is 0 Å². The molecule has 3 heteroatoms. The molecule has 3 rings (SSSR count). The summed E-state index contributed by atoms with van der Waals surface area (Å²) in [5, 5.41) is 0. The summed E-state index contributed by atoms with van der Waals surface area (Å²) in [6.07, 6.45) is 15.1. The molecule has 3 fully saturated rings. The molecule has 1 atom stereocenters. The van der Waals surface area contributed by atoms with Crippen molar-refractivity contribution in [1.82, 2.24) is 4.90 Å². The van der Waals surface area contributed by atoms with Crippen LogP contribution in [0.3, 0.4) is 0 Å². The Kier molecular flexibility index (Phi) is 4.88. The lowest BCUT2D eigenvalue weighted by Crippen LogP contribution is -2.59. The Morgan fingerprint density at radius 3 is 2.05 bits per heavy atom. The Morgan fingerprint density at radius 2 is 1.48 bits per heavy atom. The number of piperidine rings is 1. The van der Waals surface area contributed by atoms with Crippen molar-refractivity contribution in [1.29, 1.82) is 0 Å². The first-order valence-corrected chi connectivity index (χ1v) is 9.28. The van der Waals surface area contributed by atoms with Crippen LogP contribution in [0, 0.1) is 11.3 Å². The van der Waals surface area contributed by atoms with Gasteiger partial charge < -0.3 is 5.73 Å². The first-order chi connectivity index (χ1) is 10.2. The standard InChI is InChI=1S/C18H32N2O/c19-17(21)18(11-5-1-6-12-18)16(15-9-3-4-10-15)20-13-7-2-8-14-20/h15-16H,1-14H2,(H2,19,21). The minimum absolute atomic E-state index is 0.00433. The number of likely N-dealkylation sites (tertiary alicyclic amines) is 1. The Hall–Kier alpha value is -0.570. The summed E-state index contributed by atoms with van der Waals surface area (Å²) in [4.78, 5) is 15.2. The van der Waals surface area contributed by atoms with Crippen molar-refractivity contribution in [3.05, 3.63) is 0 Å². The van der Waals surface area contributed by atoms with Crippen LogP contribution >= 0.6 is 0 Å². The second-order valence-corrected chi connectivity index (χ2v) is 7.67. The van der Waals surface area contributed by atoms with Gasteiger partial charge in [-0.3, -0.25) is 9.69 Å². The van der Waals surface area contributed by atoms with Gasteiger partial charge in [-0.1, -0.05) is 38.5 Å². The summed E-state index contributed by atoms with van der Waals surface area (Å²) >= 11 is 0. The molecule has 1 heterocycles. The predicted molar refractivity (Wildman–Crippen MR) is 85.9 cm³/mol. The van der Waals surface area contributed by atoms with E-state index in [1.165, 1.54) is 77.3 Å². The average molecular weight is 292 g/mol. The molecule has 3 aliphatic rings. The molecule has 3 nitrogen and oxygen atoms in total. The number of rotatable bonds is 4. The third kappa shape index (κ3) is 2.99. The number of carbonyl (C=O) groups excluding carboxylic acids is 1. The number of hydrogen-bond donors (Lipinski definition) is 1. The number of nitrogens with two attached hydrogens (primary N) is 1. The summed E-state index contributed by atoms with van der Waals surface area (Å²) in [6.45, 7) is 2.38. The lowest BCUT2D eigenvalue weighted by molar-refractivity contribution is -0.137. The van der Waals surface area contributed by atoms with Crippen molar-refractivity contribution in [3.63, 3.8) is 0 Å². The molecule has 1 saturated heterocycles. The van der Waals surface area contributed by atoms with Gasteiger partial charge in [0.25, 0.3) is 0 Å². The molecule has 0 aromatic heterocycles. The molecule has 0 aromatic carbocycles. The highest BCUT2D eigenvalue weighted by molar-refractivity contribution is 5.82. The minimum Gasteiger partial charge on any atom is -0.369 e. The molecular formula is C18H32N2O. The average Bonchev–Trinajstić information content (AvgIpc) is 3.03. The fourth-order valence-electron chi connectivity index (χ4n) is 5.44. The van der Waals surface area contributed by atoms with Gasteiger partial charge in [-0.05, 0) is 57.5 Å². The van der Waals surface area contributed by atoms with E-state index in [4.69, 9.17) is 5.73 Å². The van der Waals surface area contributed by atoms with Crippen LogP contribution < -0.4 is 5.73 Å². The molecular weight excluding hydrogens is 260 g/mol. The normalized spacial score (nSPS) is 29.3. The molecule has 21 heavy (non-hydrogen) atoms. The first kappa shape index (κ1) is 15.3. The summed E-state index contributed by atoms with van der Waals surface area (Å²) in [6, 6.07) is 0.443. The van der Waals surface area contributed by atoms with Gasteiger partial charge in [0.15, 0.2) is 0 Å².